The maximum atomic E-state index is 11.0. The Morgan fingerprint density at radius 3 is 1.70 bits per heavy atom. The van der Waals surface area contributed by atoms with Crippen molar-refractivity contribution < 1.29 is 15.3 Å². The minimum Gasteiger partial charge on any atom is -0.508 e. The topological polar surface area (TPSA) is 60.7 Å². The monoisotopic (exact) mass is 364 g/mol. The molecule has 3 N–H and O–H groups in total. The average Bonchev–Trinajstić information content (AvgIpc) is 2.53. The number of fused-ring (bicyclic) bond motifs is 1. The SMILES string of the molecule is CC(C)(C)c1cc(-c2c(O)ccc3ccc(O)cc23)cc(C(C)(C)C)c1O. The molecule has 0 aromatic heterocycles. The van der Waals surface area contributed by atoms with Gasteiger partial charge in [0.05, 0.1) is 0 Å². The molecule has 0 spiro atoms. The van der Waals surface area contributed by atoms with Crippen molar-refractivity contribution in [2.24, 2.45) is 0 Å². The summed E-state index contributed by atoms with van der Waals surface area (Å²) in [7, 11) is 0. The highest BCUT2D eigenvalue weighted by molar-refractivity contribution is 6.00. The van der Waals surface area contributed by atoms with Crippen LogP contribution in [0.2, 0.25) is 0 Å². The molecule has 3 rings (SSSR count). The summed E-state index contributed by atoms with van der Waals surface area (Å²) < 4.78 is 0. The smallest absolute Gasteiger partial charge is 0.124 e. The third kappa shape index (κ3) is 3.46. The molecular formula is C24H28O3. The van der Waals surface area contributed by atoms with Gasteiger partial charge >= 0.3 is 0 Å². The lowest BCUT2D eigenvalue weighted by Crippen LogP contribution is -2.17. The Bertz CT molecular complexity index is 978. The minimum absolute atomic E-state index is 0.151. The molecule has 142 valence electrons. The molecule has 0 aliphatic heterocycles. The van der Waals surface area contributed by atoms with Gasteiger partial charge in [-0.25, -0.2) is 0 Å². The molecule has 0 amide bonds. The zero-order chi connectivity index (χ0) is 20.1. The minimum atomic E-state index is -0.261. The standard InChI is InChI=1S/C24H28O3/c1-23(2,3)18-11-15(12-19(22(18)27)24(4,5)6)21-17-13-16(25)9-7-14(17)8-10-20(21)26/h7-13,25-27H,1-6H3. The summed E-state index contributed by atoms with van der Waals surface area (Å²) in [6, 6.07) is 12.6. The molecular weight excluding hydrogens is 336 g/mol. The zero-order valence-electron chi connectivity index (χ0n) is 16.9. The fraction of sp³-hybridized carbons (Fsp3) is 0.333. The fourth-order valence-corrected chi connectivity index (χ4v) is 3.52. The van der Waals surface area contributed by atoms with Crippen molar-refractivity contribution in [3.05, 3.63) is 53.6 Å². The highest BCUT2D eigenvalue weighted by Crippen LogP contribution is 2.45. The van der Waals surface area contributed by atoms with Crippen LogP contribution in [0.5, 0.6) is 17.2 Å². The van der Waals surface area contributed by atoms with E-state index in [0.717, 1.165) is 27.5 Å². The van der Waals surface area contributed by atoms with Crippen molar-refractivity contribution in [1.82, 2.24) is 0 Å². The third-order valence-electron chi connectivity index (χ3n) is 5.00. The molecule has 3 nitrogen and oxygen atoms in total. The second-order valence-corrected chi connectivity index (χ2v) is 9.29. The van der Waals surface area contributed by atoms with Crippen LogP contribution in [0.15, 0.2) is 42.5 Å². The van der Waals surface area contributed by atoms with Crippen LogP contribution in [0, 0.1) is 0 Å². The van der Waals surface area contributed by atoms with Gasteiger partial charge in [-0.2, -0.15) is 0 Å². The molecule has 0 fully saturated rings. The molecule has 0 saturated heterocycles. The predicted molar refractivity (Wildman–Crippen MR) is 112 cm³/mol. The van der Waals surface area contributed by atoms with Crippen LogP contribution in [-0.4, -0.2) is 15.3 Å². The van der Waals surface area contributed by atoms with E-state index in [1.165, 1.54) is 0 Å². The first-order valence-electron chi connectivity index (χ1n) is 9.22. The molecule has 0 heterocycles. The van der Waals surface area contributed by atoms with E-state index < -0.39 is 0 Å². The van der Waals surface area contributed by atoms with Crippen molar-refractivity contribution in [1.29, 1.82) is 0 Å². The molecule has 0 unspecified atom stereocenters. The Morgan fingerprint density at radius 1 is 0.667 bits per heavy atom. The molecule has 3 aromatic carbocycles. The van der Waals surface area contributed by atoms with Crippen LogP contribution >= 0.6 is 0 Å². The second-order valence-electron chi connectivity index (χ2n) is 9.29. The van der Waals surface area contributed by atoms with E-state index in [1.807, 2.05) is 24.3 Å². The van der Waals surface area contributed by atoms with Gasteiger partial charge in [0, 0.05) is 16.7 Å². The van der Waals surface area contributed by atoms with Crippen molar-refractivity contribution in [3.63, 3.8) is 0 Å². The number of phenolic OH excluding ortho intramolecular Hbond substituents is 3. The largest absolute Gasteiger partial charge is 0.508 e. The molecule has 0 radical (unpaired) electrons. The summed E-state index contributed by atoms with van der Waals surface area (Å²) in [6.07, 6.45) is 0. The van der Waals surface area contributed by atoms with Gasteiger partial charge in [-0.3, -0.25) is 0 Å². The maximum Gasteiger partial charge on any atom is 0.124 e. The van der Waals surface area contributed by atoms with E-state index in [9.17, 15) is 15.3 Å². The number of hydrogen-bond acceptors (Lipinski definition) is 3. The molecule has 3 aromatic rings. The van der Waals surface area contributed by atoms with Gasteiger partial charge in [0.25, 0.3) is 0 Å². The highest BCUT2D eigenvalue weighted by atomic mass is 16.3. The van der Waals surface area contributed by atoms with Gasteiger partial charge in [-0.1, -0.05) is 53.7 Å². The Labute approximate surface area is 160 Å². The lowest BCUT2D eigenvalue weighted by molar-refractivity contribution is 0.423. The first-order valence-corrected chi connectivity index (χ1v) is 9.22. The number of aromatic hydroxyl groups is 3. The van der Waals surface area contributed by atoms with E-state index in [0.29, 0.717) is 11.3 Å². The van der Waals surface area contributed by atoms with E-state index in [4.69, 9.17) is 0 Å². The quantitative estimate of drug-likeness (QED) is 0.480. The molecule has 0 bridgehead atoms. The van der Waals surface area contributed by atoms with E-state index in [1.54, 1.807) is 18.2 Å². The Kier molecular flexibility index (Phi) is 4.38. The third-order valence-corrected chi connectivity index (χ3v) is 5.00. The van der Waals surface area contributed by atoms with E-state index in [-0.39, 0.29) is 22.3 Å². The van der Waals surface area contributed by atoms with Crippen molar-refractivity contribution in [2.45, 2.75) is 52.4 Å². The summed E-state index contributed by atoms with van der Waals surface area (Å²) in [5.74, 6) is 0.611. The molecule has 0 aliphatic carbocycles. The summed E-state index contributed by atoms with van der Waals surface area (Å²) in [5.41, 5.74) is 2.64. The van der Waals surface area contributed by atoms with Gasteiger partial charge in [-0.05, 0) is 57.5 Å². The molecule has 0 atom stereocenters. The lowest BCUT2D eigenvalue weighted by Gasteiger charge is -2.28. The number of benzene rings is 3. The van der Waals surface area contributed by atoms with Gasteiger partial charge in [0.15, 0.2) is 0 Å². The normalized spacial score (nSPS) is 12.5. The van der Waals surface area contributed by atoms with Crippen LogP contribution in [0.1, 0.15) is 52.7 Å². The van der Waals surface area contributed by atoms with Crippen LogP contribution in [0.3, 0.4) is 0 Å². The molecule has 0 aliphatic rings. The Morgan fingerprint density at radius 2 is 1.19 bits per heavy atom. The highest BCUT2D eigenvalue weighted by Gasteiger charge is 2.27. The van der Waals surface area contributed by atoms with Crippen LogP contribution in [0.4, 0.5) is 0 Å². The summed E-state index contributed by atoms with van der Waals surface area (Å²) in [4.78, 5) is 0. The van der Waals surface area contributed by atoms with Crippen molar-refractivity contribution in [3.8, 4) is 28.4 Å². The molecule has 0 saturated carbocycles. The Balaban J connectivity index is 2.44. The average molecular weight is 364 g/mol. The van der Waals surface area contributed by atoms with Crippen molar-refractivity contribution in [2.75, 3.05) is 0 Å². The van der Waals surface area contributed by atoms with Crippen LogP contribution in [0.25, 0.3) is 21.9 Å². The predicted octanol–water partition coefficient (Wildman–Crippen LogP) is 6.22. The summed E-state index contributed by atoms with van der Waals surface area (Å²) in [6.45, 7) is 12.4. The van der Waals surface area contributed by atoms with E-state index in [2.05, 4.69) is 41.5 Å². The van der Waals surface area contributed by atoms with Gasteiger partial charge in [-0.15, -0.1) is 0 Å². The summed E-state index contributed by atoms with van der Waals surface area (Å²) in [5, 5.41) is 33.3. The van der Waals surface area contributed by atoms with Gasteiger partial charge in [0.2, 0.25) is 0 Å². The number of phenols is 3. The van der Waals surface area contributed by atoms with Crippen LogP contribution < -0.4 is 0 Å². The zero-order valence-corrected chi connectivity index (χ0v) is 16.9. The lowest BCUT2D eigenvalue weighted by atomic mass is 9.77. The summed E-state index contributed by atoms with van der Waals surface area (Å²) >= 11 is 0. The van der Waals surface area contributed by atoms with Crippen LogP contribution in [-0.2, 0) is 10.8 Å². The fourth-order valence-electron chi connectivity index (χ4n) is 3.52. The Hall–Kier alpha value is -2.68. The molecule has 3 heteroatoms. The number of rotatable bonds is 1. The van der Waals surface area contributed by atoms with E-state index >= 15 is 0 Å². The molecule has 27 heavy (non-hydrogen) atoms. The second kappa shape index (κ2) is 6.19. The number of hydrogen-bond donors (Lipinski definition) is 3. The van der Waals surface area contributed by atoms with Gasteiger partial charge in [0.1, 0.15) is 17.2 Å². The van der Waals surface area contributed by atoms with Gasteiger partial charge < -0.3 is 15.3 Å². The van der Waals surface area contributed by atoms with Crippen molar-refractivity contribution >= 4 is 10.8 Å². The maximum absolute atomic E-state index is 11.0. The first kappa shape index (κ1) is 19.1. The first-order chi connectivity index (χ1) is 12.4.